The summed E-state index contributed by atoms with van der Waals surface area (Å²) in [6.45, 7) is 4.23. The lowest BCUT2D eigenvalue weighted by Gasteiger charge is -2.13. The Morgan fingerprint density at radius 2 is 2.18 bits per heavy atom. The van der Waals surface area contributed by atoms with Gasteiger partial charge in [0.05, 0.1) is 10.7 Å². The molecule has 3 nitrogen and oxygen atoms in total. The number of benzene rings is 1. The van der Waals surface area contributed by atoms with Crippen molar-refractivity contribution < 1.29 is 0 Å². The lowest BCUT2D eigenvalue weighted by Crippen LogP contribution is -2.05. The van der Waals surface area contributed by atoms with E-state index < -0.39 is 0 Å². The van der Waals surface area contributed by atoms with Gasteiger partial charge in [0.1, 0.15) is 0 Å². The zero-order valence-corrected chi connectivity index (χ0v) is 12.5. The van der Waals surface area contributed by atoms with Gasteiger partial charge in [0.15, 0.2) is 0 Å². The molecule has 2 rings (SSSR count). The number of nitrogens with one attached hydrogen (secondary N) is 1. The number of halogens is 2. The van der Waals surface area contributed by atoms with Crippen molar-refractivity contribution in [3.8, 4) is 0 Å². The molecule has 0 aliphatic rings. The summed E-state index contributed by atoms with van der Waals surface area (Å²) in [5.74, 6) is 0.809. The van der Waals surface area contributed by atoms with E-state index in [0.717, 1.165) is 15.2 Å². The number of hydrogen-bond donors (Lipinski definition) is 1. The number of aromatic nitrogens is 2. The van der Waals surface area contributed by atoms with Gasteiger partial charge in [-0.2, -0.15) is 0 Å². The normalized spacial score (nSPS) is 10.9. The number of imidazole rings is 1. The van der Waals surface area contributed by atoms with E-state index in [2.05, 4.69) is 51.3 Å². The number of rotatable bonds is 3. The first-order valence-electron chi connectivity index (χ1n) is 5.33. The Hall–Kier alpha value is -0.750. The van der Waals surface area contributed by atoms with Crippen LogP contribution in [0.15, 0.2) is 30.6 Å². The highest BCUT2D eigenvalue weighted by atomic mass is 127. The Morgan fingerprint density at radius 3 is 2.88 bits per heavy atom. The molecule has 0 aliphatic carbocycles. The molecule has 90 valence electrons. The third-order valence-electron chi connectivity index (χ3n) is 2.40. The molecule has 0 saturated heterocycles. The van der Waals surface area contributed by atoms with E-state index >= 15 is 0 Å². The summed E-state index contributed by atoms with van der Waals surface area (Å²) < 4.78 is 3.20. The Kier molecular flexibility index (Phi) is 3.93. The zero-order chi connectivity index (χ0) is 12.4. The first kappa shape index (κ1) is 12.7. The van der Waals surface area contributed by atoms with Crippen molar-refractivity contribution in [2.75, 3.05) is 5.32 Å². The first-order valence-corrected chi connectivity index (χ1v) is 6.78. The molecule has 2 aromatic rings. The van der Waals surface area contributed by atoms with Gasteiger partial charge < -0.3 is 9.88 Å². The van der Waals surface area contributed by atoms with Crippen LogP contribution in [0.4, 0.5) is 11.6 Å². The Balaban J connectivity index is 2.31. The van der Waals surface area contributed by atoms with Crippen molar-refractivity contribution in [2.45, 2.75) is 19.9 Å². The molecule has 0 spiro atoms. The number of hydrogen-bond acceptors (Lipinski definition) is 2. The fraction of sp³-hybridized carbons (Fsp3) is 0.250. The van der Waals surface area contributed by atoms with E-state index in [9.17, 15) is 0 Å². The van der Waals surface area contributed by atoms with E-state index in [1.165, 1.54) is 0 Å². The number of nitrogens with zero attached hydrogens (tertiary/aromatic N) is 2. The van der Waals surface area contributed by atoms with Crippen molar-refractivity contribution in [2.24, 2.45) is 0 Å². The van der Waals surface area contributed by atoms with Crippen molar-refractivity contribution >= 4 is 45.8 Å². The maximum absolute atomic E-state index is 6.14. The fourth-order valence-electron chi connectivity index (χ4n) is 1.54. The monoisotopic (exact) mass is 361 g/mol. The molecule has 1 heterocycles. The molecule has 0 bridgehead atoms. The maximum atomic E-state index is 6.14. The molecule has 0 fully saturated rings. The highest BCUT2D eigenvalue weighted by Gasteiger charge is 2.08. The predicted molar refractivity (Wildman–Crippen MR) is 80.1 cm³/mol. The third-order valence-corrected chi connectivity index (χ3v) is 3.40. The molecule has 0 atom stereocenters. The van der Waals surface area contributed by atoms with Gasteiger partial charge in [-0.05, 0) is 54.6 Å². The summed E-state index contributed by atoms with van der Waals surface area (Å²) in [4.78, 5) is 4.29. The van der Waals surface area contributed by atoms with Gasteiger partial charge in [0, 0.05) is 22.0 Å². The Morgan fingerprint density at radius 1 is 1.41 bits per heavy atom. The van der Waals surface area contributed by atoms with Crippen LogP contribution in [0.25, 0.3) is 0 Å². The second-order valence-electron chi connectivity index (χ2n) is 4.00. The van der Waals surface area contributed by atoms with Gasteiger partial charge in [-0.1, -0.05) is 11.6 Å². The van der Waals surface area contributed by atoms with E-state index in [-0.39, 0.29) is 0 Å². The third kappa shape index (κ3) is 2.93. The minimum absolute atomic E-state index is 0.363. The SMILES string of the molecule is CC(C)n1ccnc1Nc1cc(I)ccc1Cl. The molecule has 0 aliphatic heterocycles. The molecule has 5 heteroatoms. The van der Waals surface area contributed by atoms with Crippen molar-refractivity contribution in [1.82, 2.24) is 9.55 Å². The highest BCUT2D eigenvalue weighted by molar-refractivity contribution is 14.1. The lowest BCUT2D eigenvalue weighted by atomic mass is 10.3. The largest absolute Gasteiger partial charge is 0.324 e. The molecule has 0 saturated carbocycles. The van der Waals surface area contributed by atoms with E-state index in [0.29, 0.717) is 11.1 Å². The molecule has 1 aromatic carbocycles. The summed E-state index contributed by atoms with van der Waals surface area (Å²) in [7, 11) is 0. The summed E-state index contributed by atoms with van der Waals surface area (Å²) in [6, 6.07) is 6.22. The molecule has 0 amide bonds. The van der Waals surface area contributed by atoms with Gasteiger partial charge >= 0.3 is 0 Å². The van der Waals surface area contributed by atoms with Crippen LogP contribution in [0, 0.1) is 3.57 Å². The van der Waals surface area contributed by atoms with Crippen LogP contribution < -0.4 is 5.32 Å². The smallest absolute Gasteiger partial charge is 0.207 e. The first-order chi connectivity index (χ1) is 8.08. The molecule has 0 unspecified atom stereocenters. The zero-order valence-electron chi connectivity index (χ0n) is 9.61. The average Bonchev–Trinajstić information content (AvgIpc) is 2.71. The van der Waals surface area contributed by atoms with Crippen molar-refractivity contribution in [3.05, 3.63) is 39.2 Å². The van der Waals surface area contributed by atoms with Gasteiger partial charge in [0.25, 0.3) is 0 Å². The Bertz CT molecular complexity index is 522. The van der Waals surface area contributed by atoms with Crippen LogP contribution in [-0.4, -0.2) is 9.55 Å². The van der Waals surface area contributed by atoms with Crippen molar-refractivity contribution in [3.63, 3.8) is 0 Å². The van der Waals surface area contributed by atoms with E-state index in [1.54, 1.807) is 6.20 Å². The van der Waals surface area contributed by atoms with Crippen LogP contribution in [0.5, 0.6) is 0 Å². The minimum Gasteiger partial charge on any atom is -0.324 e. The van der Waals surface area contributed by atoms with Gasteiger partial charge in [-0.15, -0.1) is 0 Å². The number of anilines is 2. The van der Waals surface area contributed by atoms with Crippen LogP contribution in [0.3, 0.4) is 0 Å². The van der Waals surface area contributed by atoms with Gasteiger partial charge in [-0.25, -0.2) is 4.98 Å². The van der Waals surface area contributed by atoms with Crippen LogP contribution in [-0.2, 0) is 0 Å². The predicted octanol–water partition coefficient (Wildman–Crippen LogP) is 4.47. The lowest BCUT2D eigenvalue weighted by molar-refractivity contribution is 0.608. The van der Waals surface area contributed by atoms with Crippen LogP contribution in [0.2, 0.25) is 5.02 Å². The molecule has 0 radical (unpaired) electrons. The van der Waals surface area contributed by atoms with E-state index in [1.807, 2.05) is 24.4 Å². The molecule has 1 N–H and O–H groups in total. The topological polar surface area (TPSA) is 29.9 Å². The molecule has 1 aromatic heterocycles. The van der Waals surface area contributed by atoms with Crippen molar-refractivity contribution in [1.29, 1.82) is 0 Å². The van der Waals surface area contributed by atoms with Gasteiger partial charge in [0.2, 0.25) is 5.95 Å². The average molecular weight is 362 g/mol. The summed E-state index contributed by atoms with van der Waals surface area (Å²) in [5.41, 5.74) is 0.881. The second-order valence-corrected chi connectivity index (χ2v) is 5.65. The second kappa shape index (κ2) is 5.27. The standard InChI is InChI=1S/C12H13ClIN3/c1-8(2)17-6-5-15-12(17)16-11-7-9(14)3-4-10(11)13/h3-8H,1-2H3,(H,15,16). The van der Waals surface area contributed by atoms with Crippen LogP contribution in [0.1, 0.15) is 19.9 Å². The quantitative estimate of drug-likeness (QED) is 0.818. The summed E-state index contributed by atoms with van der Waals surface area (Å²) in [6.07, 6.45) is 3.74. The van der Waals surface area contributed by atoms with E-state index in [4.69, 9.17) is 11.6 Å². The fourth-order valence-corrected chi connectivity index (χ4v) is 2.20. The molecular weight excluding hydrogens is 349 g/mol. The maximum Gasteiger partial charge on any atom is 0.207 e. The molecule has 17 heavy (non-hydrogen) atoms. The summed E-state index contributed by atoms with van der Waals surface area (Å²) in [5, 5.41) is 3.96. The highest BCUT2D eigenvalue weighted by Crippen LogP contribution is 2.27. The van der Waals surface area contributed by atoms with Crippen LogP contribution >= 0.6 is 34.2 Å². The summed E-state index contributed by atoms with van der Waals surface area (Å²) >= 11 is 8.40. The molecular formula is C12H13ClIN3. The minimum atomic E-state index is 0.363. The van der Waals surface area contributed by atoms with Gasteiger partial charge in [-0.3, -0.25) is 0 Å². The Labute approximate surface area is 119 Å².